The molecule has 0 saturated carbocycles. The first-order valence-electron chi connectivity index (χ1n) is 4.45. The normalized spacial score (nSPS) is 20.5. The number of hydrogen-bond donors (Lipinski definition) is 0. The summed E-state index contributed by atoms with van der Waals surface area (Å²) in [5.41, 5.74) is 1.34. The van der Waals surface area contributed by atoms with Crippen LogP contribution in [-0.2, 0) is 0 Å². The highest BCUT2D eigenvalue weighted by atomic mass is 35.5. The molecule has 0 nitrogen and oxygen atoms in total. The van der Waals surface area contributed by atoms with Gasteiger partial charge in [0.15, 0.2) is 0 Å². The van der Waals surface area contributed by atoms with Crippen molar-refractivity contribution in [2.45, 2.75) is 12.3 Å². The molecule has 1 aliphatic carbocycles. The third-order valence-corrected chi connectivity index (χ3v) is 2.53. The number of rotatable bonds is 1. The summed E-state index contributed by atoms with van der Waals surface area (Å²) < 4.78 is 0. The molecule has 0 aromatic heterocycles. The molecule has 0 fully saturated rings. The van der Waals surface area contributed by atoms with Gasteiger partial charge in [-0.05, 0) is 24.1 Å². The summed E-state index contributed by atoms with van der Waals surface area (Å²) in [6.07, 6.45) is 9.70. The van der Waals surface area contributed by atoms with E-state index in [1.165, 1.54) is 5.56 Å². The summed E-state index contributed by atoms with van der Waals surface area (Å²) in [5, 5.41) is 0.805. The molecule has 0 unspecified atom stereocenters. The van der Waals surface area contributed by atoms with Gasteiger partial charge in [-0.15, -0.1) is 0 Å². The lowest BCUT2D eigenvalue weighted by molar-refractivity contribution is 0.854. The van der Waals surface area contributed by atoms with Crippen LogP contribution in [0.3, 0.4) is 0 Å². The Morgan fingerprint density at radius 2 is 1.85 bits per heavy atom. The number of halogens is 1. The van der Waals surface area contributed by atoms with Crippen molar-refractivity contribution in [2.75, 3.05) is 0 Å². The highest BCUT2D eigenvalue weighted by Crippen LogP contribution is 2.25. The Bertz CT molecular complexity index is 333. The maximum atomic E-state index is 5.82. The average molecular weight is 191 g/mol. The van der Waals surface area contributed by atoms with Crippen LogP contribution in [0.4, 0.5) is 0 Å². The fraction of sp³-hybridized carbons (Fsp3) is 0.167. The van der Waals surface area contributed by atoms with Gasteiger partial charge >= 0.3 is 0 Å². The van der Waals surface area contributed by atoms with Crippen LogP contribution < -0.4 is 0 Å². The molecule has 0 radical (unpaired) electrons. The van der Waals surface area contributed by atoms with Crippen molar-refractivity contribution in [1.82, 2.24) is 0 Å². The molecule has 1 atom stereocenters. The Balaban J connectivity index is 2.21. The van der Waals surface area contributed by atoms with Crippen molar-refractivity contribution in [3.05, 3.63) is 59.2 Å². The minimum atomic E-state index is 0.530. The third-order valence-electron chi connectivity index (χ3n) is 2.28. The maximum absolute atomic E-state index is 5.82. The highest BCUT2D eigenvalue weighted by Gasteiger charge is 2.07. The predicted molar refractivity (Wildman–Crippen MR) is 57.1 cm³/mol. The van der Waals surface area contributed by atoms with E-state index in [-0.39, 0.29) is 0 Å². The van der Waals surface area contributed by atoms with Gasteiger partial charge in [0.2, 0.25) is 0 Å². The summed E-state index contributed by atoms with van der Waals surface area (Å²) in [6, 6.07) is 8.08. The molecule has 0 saturated heterocycles. The molecule has 0 heterocycles. The SMILES string of the molecule is Clc1ccc([C@@H]2C=CC=CC2)cc1. The molecule has 2 rings (SSSR count). The first kappa shape index (κ1) is 8.58. The van der Waals surface area contributed by atoms with E-state index in [9.17, 15) is 0 Å². The molecule has 0 N–H and O–H groups in total. The molecule has 1 heteroatoms. The van der Waals surface area contributed by atoms with Gasteiger partial charge in [0.05, 0.1) is 0 Å². The van der Waals surface area contributed by atoms with Crippen LogP contribution in [0.2, 0.25) is 5.02 Å². The van der Waals surface area contributed by atoms with Crippen LogP contribution >= 0.6 is 11.6 Å². The maximum Gasteiger partial charge on any atom is 0.0406 e. The van der Waals surface area contributed by atoms with Crippen LogP contribution in [0.15, 0.2) is 48.6 Å². The molecule has 0 aliphatic heterocycles. The summed E-state index contributed by atoms with van der Waals surface area (Å²) in [6.45, 7) is 0. The fourth-order valence-corrected chi connectivity index (χ4v) is 1.66. The molecule has 13 heavy (non-hydrogen) atoms. The number of hydrogen-bond acceptors (Lipinski definition) is 0. The molecule has 66 valence electrons. The Morgan fingerprint density at radius 3 is 2.46 bits per heavy atom. The van der Waals surface area contributed by atoms with Crippen molar-refractivity contribution in [3.63, 3.8) is 0 Å². The second-order valence-electron chi connectivity index (χ2n) is 3.21. The minimum Gasteiger partial charge on any atom is -0.0843 e. The van der Waals surface area contributed by atoms with Crippen molar-refractivity contribution < 1.29 is 0 Å². The third kappa shape index (κ3) is 2.02. The molecule has 1 aromatic carbocycles. The quantitative estimate of drug-likeness (QED) is 0.629. The zero-order valence-corrected chi connectivity index (χ0v) is 8.04. The highest BCUT2D eigenvalue weighted by molar-refractivity contribution is 6.30. The van der Waals surface area contributed by atoms with Gasteiger partial charge in [0, 0.05) is 10.9 Å². The summed E-state index contributed by atoms with van der Waals surface area (Å²) in [4.78, 5) is 0. The van der Waals surface area contributed by atoms with Gasteiger partial charge in [-0.2, -0.15) is 0 Å². The monoisotopic (exact) mass is 190 g/mol. The van der Waals surface area contributed by atoms with Crippen molar-refractivity contribution in [3.8, 4) is 0 Å². The van der Waals surface area contributed by atoms with E-state index in [1.54, 1.807) is 0 Å². The summed E-state index contributed by atoms with van der Waals surface area (Å²) in [7, 11) is 0. The zero-order chi connectivity index (χ0) is 9.10. The molecule has 1 aromatic rings. The molecular formula is C12H11Cl. The Kier molecular flexibility index (Phi) is 2.51. The molecule has 1 aliphatic rings. The Morgan fingerprint density at radius 1 is 1.08 bits per heavy atom. The lowest BCUT2D eigenvalue weighted by Crippen LogP contribution is -1.95. The lowest BCUT2D eigenvalue weighted by atomic mass is 9.93. The van der Waals surface area contributed by atoms with E-state index in [0.717, 1.165) is 11.4 Å². The zero-order valence-electron chi connectivity index (χ0n) is 7.28. The first-order valence-corrected chi connectivity index (χ1v) is 4.83. The van der Waals surface area contributed by atoms with Crippen molar-refractivity contribution >= 4 is 11.6 Å². The molecular weight excluding hydrogens is 180 g/mol. The number of allylic oxidation sites excluding steroid dienone is 4. The summed E-state index contributed by atoms with van der Waals surface area (Å²) in [5.74, 6) is 0.530. The molecule has 0 spiro atoms. The molecule has 0 amide bonds. The smallest absolute Gasteiger partial charge is 0.0406 e. The van der Waals surface area contributed by atoms with Gasteiger partial charge in [-0.25, -0.2) is 0 Å². The lowest BCUT2D eigenvalue weighted by Gasteiger charge is -2.12. The predicted octanol–water partition coefficient (Wildman–Crippen LogP) is 3.94. The van der Waals surface area contributed by atoms with Crippen LogP contribution in [0, 0.1) is 0 Å². The van der Waals surface area contributed by atoms with Crippen LogP contribution in [-0.4, -0.2) is 0 Å². The van der Waals surface area contributed by atoms with E-state index in [4.69, 9.17) is 11.6 Å². The van der Waals surface area contributed by atoms with Gasteiger partial charge in [-0.1, -0.05) is 48.0 Å². The van der Waals surface area contributed by atoms with Crippen molar-refractivity contribution in [1.29, 1.82) is 0 Å². The van der Waals surface area contributed by atoms with Crippen LogP contribution in [0.5, 0.6) is 0 Å². The minimum absolute atomic E-state index is 0.530. The van der Waals surface area contributed by atoms with Crippen molar-refractivity contribution in [2.24, 2.45) is 0 Å². The van der Waals surface area contributed by atoms with Gasteiger partial charge in [0.25, 0.3) is 0 Å². The van der Waals surface area contributed by atoms with Gasteiger partial charge in [0.1, 0.15) is 0 Å². The van der Waals surface area contributed by atoms with Crippen LogP contribution in [0.25, 0.3) is 0 Å². The van der Waals surface area contributed by atoms with E-state index >= 15 is 0 Å². The van der Waals surface area contributed by atoms with E-state index in [2.05, 4.69) is 36.4 Å². The van der Waals surface area contributed by atoms with E-state index in [1.807, 2.05) is 12.1 Å². The second-order valence-corrected chi connectivity index (χ2v) is 3.64. The van der Waals surface area contributed by atoms with Gasteiger partial charge < -0.3 is 0 Å². The molecule has 0 bridgehead atoms. The van der Waals surface area contributed by atoms with E-state index < -0.39 is 0 Å². The topological polar surface area (TPSA) is 0 Å². The summed E-state index contributed by atoms with van der Waals surface area (Å²) >= 11 is 5.82. The standard InChI is InChI=1S/C12H11Cl/c13-12-8-6-11(7-9-12)10-4-2-1-3-5-10/h1-4,6-10H,5H2/t10-/m1/s1. The number of benzene rings is 1. The largest absolute Gasteiger partial charge is 0.0843 e. The van der Waals surface area contributed by atoms with Gasteiger partial charge in [-0.3, -0.25) is 0 Å². The second kappa shape index (κ2) is 3.80. The van der Waals surface area contributed by atoms with E-state index in [0.29, 0.717) is 5.92 Å². The van der Waals surface area contributed by atoms with Crippen LogP contribution in [0.1, 0.15) is 17.9 Å². The average Bonchev–Trinajstić information content (AvgIpc) is 2.20. The Hall–Kier alpha value is -1.01. The fourth-order valence-electron chi connectivity index (χ4n) is 1.54. The first-order chi connectivity index (χ1) is 6.36. The Labute approximate surface area is 83.5 Å².